The van der Waals surface area contributed by atoms with Crippen molar-refractivity contribution in [2.45, 2.75) is 6.92 Å². The number of hydrogen-bond acceptors (Lipinski definition) is 3. The van der Waals surface area contributed by atoms with Gasteiger partial charge in [0.05, 0.1) is 23.0 Å². The quantitative estimate of drug-likeness (QED) is 0.616. The van der Waals surface area contributed by atoms with Crippen molar-refractivity contribution in [1.82, 2.24) is 19.3 Å². The van der Waals surface area contributed by atoms with Crippen molar-refractivity contribution in [2.75, 3.05) is 7.11 Å². The Morgan fingerprint density at radius 2 is 2.00 bits per heavy atom. The molecule has 1 N–H and O–H groups in total. The van der Waals surface area contributed by atoms with E-state index in [2.05, 4.69) is 41.9 Å². The van der Waals surface area contributed by atoms with Gasteiger partial charge in [-0.05, 0) is 57.1 Å². The summed E-state index contributed by atoms with van der Waals surface area (Å²) in [5.74, 6) is 0.739. The summed E-state index contributed by atoms with van der Waals surface area (Å²) in [6.07, 6.45) is 0. The van der Waals surface area contributed by atoms with Crippen LogP contribution in [0, 0.1) is 11.7 Å². The first-order valence-electron chi connectivity index (χ1n) is 6.11. The highest BCUT2D eigenvalue weighted by Gasteiger charge is 2.17. The lowest BCUT2D eigenvalue weighted by molar-refractivity contribution is 0.412. The van der Waals surface area contributed by atoms with Crippen molar-refractivity contribution >= 4 is 55.2 Å². The van der Waals surface area contributed by atoms with Crippen LogP contribution in [0.15, 0.2) is 21.1 Å². The fourth-order valence-electron chi connectivity index (χ4n) is 2.38. The van der Waals surface area contributed by atoms with E-state index in [0.29, 0.717) is 4.77 Å². The van der Waals surface area contributed by atoms with Crippen LogP contribution in [0.1, 0.15) is 5.69 Å². The molecule has 0 spiro atoms. The number of imidazole rings is 1. The van der Waals surface area contributed by atoms with Crippen LogP contribution < -0.4 is 4.74 Å². The Morgan fingerprint density at radius 3 is 2.67 bits per heavy atom. The third-order valence-electron chi connectivity index (χ3n) is 3.30. The van der Waals surface area contributed by atoms with E-state index in [1.165, 1.54) is 0 Å². The normalized spacial score (nSPS) is 11.3. The van der Waals surface area contributed by atoms with Crippen molar-refractivity contribution in [3.8, 4) is 11.4 Å². The molecule has 0 radical (unpaired) electrons. The number of halogens is 2. The van der Waals surface area contributed by atoms with Crippen LogP contribution in [0.4, 0.5) is 0 Å². The number of nitrogens with zero attached hydrogens (tertiary/aromatic N) is 3. The largest absolute Gasteiger partial charge is 0.495 e. The lowest BCUT2D eigenvalue weighted by atomic mass is 10.3. The number of ether oxygens (including phenoxy) is 1. The van der Waals surface area contributed by atoms with E-state index in [4.69, 9.17) is 17.0 Å². The molecule has 21 heavy (non-hydrogen) atoms. The Balaban J connectivity index is 2.40. The van der Waals surface area contributed by atoms with Gasteiger partial charge in [0, 0.05) is 17.6 Å². The standard InChI is InChI=1S/C13H12Br2N4OS/c1-6-11-12(18(2)17-6)19(13(21)16-11)9-5-10(20-3)8(15)4-7(9)14/h4-5H,1-3H3,(H,16,21). The lowest BCUT2D eigenvalue weighted by Crippen LogP contribution is -2.02. The number of aromatic nitrogens is 4. The van der Waals surface area contributed by atoms with Crippen molar-refractivity contribution in [3.63, 3.8) is 0 Å². The fraction of sp³-hybridized carbons (Fsp3) is 0.231. The van der Waals surface area contributed by atoms with Crippen LogP contribution in [0.5, 0.6) is 5.75 Å². The molecule has 0 bridgehead atoms. The van der Waals surface area contributed by atoms with Gasteiger partial charge in [0.25, 0.3) is 0 Å². The second kappa shape index (κ2) is 5.26. The number of H-pyrrole nitrogens is 1. The van der Waals surface area contributed by atoms with Gasteiger partial charge in [-0.2, -0.15) is 5.10 Å². The third-order valence-corrected chi connectivity index (χ3v) is 4.84. The first-order valence-corrected chi connectivity index (χ1v) is 8.11. The SMILES string of the molecule is COc1cc(-n2c(=S)[nH]c3c(C)nn(C)c32)c(Br)cc1Br. The summed E-state index contributed by atoms with van der Waals surface area (Å²) >= 11 is 12.5. The topological polar surface area (TPSA) is 47.8 Å². The number of aryl methyl sites for hydroxylation is 2. The van der Waals surface area contributed by atoms with Gasteiger partial charge >= 0.3 is 0 Å². The predicted octanol–water partition coefficient (Wildman–Crippen LogP) is 4.26. The van der Waals surface area contributed by atoms with Gasteiger partial charge in [0.2, 0.25) is 0 Å². The smallest absolute Gasteiger partial charge is 0.184 e. The van der Waals surface area contributed by atoms with Gasteiger partial charge < -0.3 is 9.72 Å². The van der Waals surface area contributed by atoms with Crippen molar-refractivity contribution < 1.29 is 4.74 Å². The Bertz CT molecular complexity index is 909. The van der Waals surface area contributed by atoms with Crippen LogP contribution in [-0.2, 0) is 7.05 Å². The molecule has 0 aliphatic carbocycles. The number of fused-ring (bicyclic) bond motifs is 1. The van der Waals surface area contributed by atoms with Gasteiger partial charge in [-0.1, -0.05) is 0 Å². The van der Waals surface area contributed by atoms with E-state index in [0.717, 1.165) is 37.2 Å². The minimum Gasteiger partial charge on any atom is -0.495 e. The molecule has 110 valence electrons. The molecule has 3 aromatic rings. The first-order chi connectivity index (χ1) is 9.93. The highest BCUT2D eigenvalue weighted by Crippen LogP contribution is 2.35. The Kier molecular flexibility index (Phi) is 3.71. The maximum Gasteiger partial charge on any atom is 0.184 e. The summed E-state index contributed by atoms with van der Waals surface area (Å²) in [5, 5.41) is 4.43. The Morgan fingerprint density at radius 1 is 1.29 bits per heavy atom. The number of aromatic amines is 1. The molecule has 1 aromatic carbocycles. The molecule has 3 rings (SSSR count). The first kappa shape index (κ1) is 14.8. The van der Waals surface area contributed by atoms with E-state index in [-0.39, 0.29) is 0 Å². The van der Waals surface area contributed by atoms with E-state index in [9.17, 15) is 0 Å². The van der Waals surface area contributed by atoms with Gasteiger partial charge in [0.15, 0.2) is 10.4 Å². The molecule has 0 saturated heterocycles. The van der Waals surface area contributed by atoms with Gasteiger partial charge in [-0.25, -0.2) is 4.68 Å². The van der Waals surface area contributed by atoms with Crippen molar-refractivity contribution in [3.05, 3.63) is 31.5 Å². The number of methoxy groups -OCH3 is 1. The van der Waals surface area contributed by atoms with E-state index in [1.54, 1.807) is 7.11 Å². The highest BCUT2D eigenvalue weighted by atomic mass is 79.9. The molecule has 0 unspecified atom stereocenters. The average molecular weight is 432 g/mol. The number of nitrogens with one attached hydrogen (secondary N) is 1. The molecule has 2 aromatic heterocycles. The minimum absolute atomic E-state index is 0.617. The van der Waals surface area contributed by atoms with Crippen LogP contribution in [0.3, 0.4) is 0 Å². The zero-order valence-corrected chi connectivity index (χ0v) is 15.6. The predicted molar refractivity (Wildman–Crippen MR) is 91.9 cm³/mol. The summed E-state index contributed by atoms with van der Waals surface area (Å²) in [6, 6.07) is 3.87. The van der Waals surface area contributed by atoms with Gasteiger partial charge in [-0.15, -0.1) is 0 Å². The number of benzene rings is 1. The van der Waals surface area contributed by atoms with E-state index in [1.807, 2.05) is 35.4 Å². The van der Waals surface area contributed by atoms with Crippen LogP contribution in [0.25, 0.3) is 16.9 Å². The monoisotopic (exact) mass is 430 g/mol. The van der Waals surface area contributed by atoms with Crippen LogP contribution in [0.2, 0.25) is 0 Å². The summed E-state index contributed by atoms with van der Waals surface area (Å²) in [4.78, 5) is 3.22. The molecule has 8 heteroatoms. The Hall–Kier alpha value is -1.12. The summed E-state index contributed by atoms with van der Waals surface area (Å²) in [6.45, 7) is 1.95. The van der Waals surface area contributed by atoms with Crippen LogP contribution >= 0.6 is 44.1 Å². The summed E-state index contributed by atoms with van der Waals surface area (Å²) < 4.78 is 11.5. The molecular formula is C13H12Br2N4OS. The zero-order chi connectivity index (χ0) is 15.3. The molecule has 0 amide bonds. The number of rotatable bonds is 2. The minimum atomic E-state index is 0.617. The molecule has 2 heterocycles. The second-order valence-corrected chi connectivity index (χ2v) is 6.71. The molecule has 0 fully saturated rings. The summed E-state index contributed by atoms with van der Waals surface area (Å²) in [7, 11) is 3.54. The molecular weight excluding hydrogens is 420 g/mol. The number of hydrogen-bond donors (Lipinski definition) is 1. The molecule has 0 atom stereocenters. The Labute approximate surface area is 143 Å². The zero-order valence-electron chi connectivity index (χ0n) is 11.6. The lowest BCUT2D eigenvalue weighted by Gasteiger charge is -2.11. The average Bonchev–Trinajstić information content (AvgIpc) is 2.89. The molecule has 0 saturated carbocycles. The van der Waals surface area contributed by atoms with Gasteiger partial charge in [-0.3, -0.25) is 4.57 Å². The summed E-state index contributed by atoms with van der Waals surface area (Å²) in [5.41, 5.74) is 3.67. The van der Waals surface area contributed by atoms with E-state index < -0.39 is 0 Å². The maximum atomic E-state index is 5.47. The van der Waals surface area contributed by atoms with Crippen LogP contribution in [-0.4, -0.2) is 26.4 Å². The van der Waals surface area contributed by atoms with Crippen molar-refractivity contribution in [2.24, 2.45) is 7.05 Å². The van der Waals surface area contributed by atoms with E-state index >= 15 is 0 Å². The second-order valence-electron chi connectivity index (χ2n) is 4.61. The highest BCUT2D eigenvalue weighted by molar-refractivity contribution is 9.11. The van der Waals surface area contributed by atoms with Gasteiger partial charge in [0.1, 0.15) is 11.3 Å². The van der Waals surface area contributed by atoms with Crippen molar-refractivity contribution in [1.29, 1.82) is 0 Å². The molecule has 0 aliphatic rings. The fourth-order valence-corrected chi connectivity index (χ4v) is 4.00. The third kappa shape index (κ3) is 2.25. The molecule has 0 aliphatic heterocycles. The maximum absolute atomic E-state index is 5.47. The molecule has 5 nitrogen and oxygen atoms in total.